The van der Waals surface area contributed by atoms with Crippen LogP contribution >= 0.6 is 0 Å². The standard InChI is InChI=1S/C6H11NO2.H4N2/c8-6(9)5-3-1-2-4-7-5;1-2/h5,7H,1-4H2,(H,8,9);1-2H2. The molecule has 0 aliphatic carbocycles. The van der Waals surface area contributed by atoms with Crippen LogP contribution in [0.2, 0.25) is 0 Å². The van der Waals surface area contributed by atoms with Crippen molar-refractivity contribution in [3.05, 3.63) is 0 Å². The van der Waals surface area contributed by atoms with Crippen LogP contribution in [0.4, 0.5) is 0 Å². The molecule has 1 saturated heterocycles. The molecule has 0 bridgehead atoms. The summed E-state index contributed by atoms with van der Waals surface area (Å²) in [5, 5.41) is 11.4. The van der Waals surface area contributed by atoms with Crippen molar-refractivity contribution in [2.45, 2.75) is 25.3 Å². The number of nitrogens with two attached hydrogens (primary N) is 2. The smallest absolute Gasteiger partial charge is 0.320 e. The van der Waals surface area contributed by atoms with E-state index in [0.29, 0.717) is 0 Å². The number of rotatable bonds is 1. The summed E-state index contributed by atoms with van der Waals surface area (Å²) in [6.45, 7) is 0.858. The van der Waals surface area contributed by atoms with Gasteiger partial charge in [-0.15, -0.1) is 0 Å². The second kappa shape index (κ2) is 6.09. The van der Waals surface area contributed by atoms with Crippen molar-refractivity contribution in [2.75, 3.05) is 6.54 Å². The van der Waals surface area contributed by atoms with Crippen LogP contribution in [-0.2, 0) is 4.79 Å². The lowest BCUT2D eigenvalue weighted by atomic mass is 10.1. The van der Waals surface area contributed by atoms with Gasteiger partial charge < -0.3 is 10.4 Å². The van der Waals surface area contributed by atoms with Crippen LogP contribution in [0.15, 0.2) is 0 Å². The molecule has 1 heterocycles. The number of hydrogen-bond acceptors (Lipinski definition) is 4. The average Bonchev–Trinajstić information content (AvgIpc) is 2.10. The maximum atomic E-state index is 10.3. The molecule has 5 heteroatoms. The molecule has 0 aromatic carbocycles. The fraction of sp³-hybridized carbons (Fsp3) is 0.833. The first kappa shape index (κ1) is 10.3. The summed E-state index contributed by atoms with van der Waals surface area (Å²) in [6.07, 6.45) is 2.95. The van der Waals surface area contributed by atoms with E-state index in [9.17, 15) is 4.79 Å². The lowest BCUT2D eigenvalue weighted by molar-refractivity contribution is -0.140. The molecular formula is C6H15N3O2. The molecule has 6 N–H and O–H groups in total. The Morgan fingerprint density at radius 2 is 2.09 bits per heavy atom. The molecule has 1 atom stereocenters. The zero-order valence-corrected chi connectivity index (χ0v) is 6.42. The van der Waals surface area contributed by atoms with Crippen molar-refractivity contribution in [2.24, 2.45) is 11.7 Å². The van der Waals surface area contributed by atoms with Crippen LogP contribution in [0.1, 0.15) is 19.3 Å². The Balaban J connectivity index is 0.000000461. The van der Waals surface area contributed by atoms with Crippen molar-refractivity contribution in [3.63, 3.8) is 0 Å². The van der Waals surface area contributed by atoms with Gasteiger partial charge in [-0.3, -0.25) is 16.5 Å². The zero-order valence-electron chi connectivity index (χ0n) is 6.42. The van der Waals surface area contributed by atoms with Gasteiger partial charge in [0, 0.05) is 0 Å². The lowest BCUT2D eigenvalue weighted by Crippen LogP contribution is -2.40. The van der Waals surface area contributed by atoms with Crippen LogP contribution in [0.3, 0.4) is 0 Å². The second-order valence-electron chi connectivity index (χ2n) is 2.34. The van der Waals surface area contributed by atoms with Gasteiger partial charge in [-0.05, 0) is 19.4 Å². The van der Waals surface area contributed by atoms with Gasteiger partial charge >= 0.3 is 5.97 Å². The molecule has 0 saturated carbocycles. The maximum absolute atomic E-state index is 10.3. The Morgan fingerprint density at radius 1 is 1.45 bits per heavy atom. The number of aliphatic carboxylic acids is 1. The minimum atomic E-state index is -0.713. The highest BCUT2D eigenvalue weighted by Gasteiger charge is 2.18. The first-order valence-corrected chi connectivity index (χ1v) is 3.60. The normalized spacial score (nSPS) is 23.3. The Labute approximate surface area is 65.7 Å². The van der Waals surface area contributed by atoms with Gasteiger partial charge in [-0.1, -0.05) is 6.42 Å². The summed E-state index contributed by atoms with van der Waals surface area (Å²) >= 11 is 0. The van der Waals surface area contributed by atoms with E-state index in [1.807, 2.05) is 0 Å². The van der Waals surface area contributed by atoms with Crippen molar-refractivity contribution in [1.82, 2.24) is 5.32 Å². The quantitative estimate of drug-likeness (QED) is 0.293. The summed E-state index contributed by atoms with van der Waals surface area (Å²) in [4.78, 5) is 10.3. The third kappa shape index (κ3) is 3.92. The lowest BCUT2D eigenvalue weighted by Gasteiger charge is -2.18. The van der Waals surface area contributed by atoms with Crippen molar-refractivity contribution in [3.8, 4) is 0 Å². The van der Waals surface area contributed by atoms with Crippen LogP contribution in [-0.4, -0.2) is 23.7 Å². The fourth-order valence-electron chi connectivity index (χ4n) is 1.06. The molecule has 1 aliphatic rings. The number of nitrogens with one attached hydrogen (secondary N) is 1. The SMILES string of the molecule is NN.O=C(O)C1CCCCN1. The molecule has 0 radical (unpaired) electrons. The summed E-state index contributed by atoms with van der Waals surface area (Å²) in [5.74, 6) is 7.29. The number of hydrogen-bond donors (Lipinski definition) is 4. The van der Waals surface area contributed by atoms with Gasteiger partial charge in [0.1, 0.15) is 6.04 Å². The summed E-state index contributed by atoms with van der Waals surface area (Å²) in [6, 6.07) is -0.279. The molecule has 1 unspecified atom stereocenters. The molecular weight excluding hydrogens is 146 g/mol. The van der Waals surface area contributed by atoms with Gasteiger partial charge in [-0.2, -0.15) is 0 Å². The monoisotopic (exact) mass is 161 g/mol. The van der Waals surface area contributed by atoms with Crippen molar-refractivity contribution >= 4 is 5.97 Å². The Hall–Kier alpha value is -0.650. The summed E-state index contributed by atoms with van der Waals surface area (Å²) in [5.41, 5.74) is 0. The fourth-order valence-corrected chi connectivity index (χ4v) is 1.06. The first-order chi connectivity index (χ1) is 5.30. The molecule has 0 aromatic heterocycles. The van der Waals surface area contributed by atoms with E-state index < -0.39 is 5.97 Å². The van der Waals surface area contributed by atoms with E-state index in [1.54, 1.807) is 0 Å². The highest BCUT2D eigenvalue weighted by atomic mass is 16.4. The van der Waals surface area contributed by atoms with E-state index >= 15 is 0 Å². The maximum Gasteiger partial charge on any atom is 0.320 e. The molecule has 0 amide bonds. The molecule has 0 aromatic rings. The van der Waals surface area contributed by atoms with E-state index in [0.717, 1.165) is 25.8 Å². The third-order valence-electron chi connectivity index (χ3n) is 1.61. The topological polar surface area (TPSA) is 101 Å². The average molecular weight is 161 g/mol. The number of piperidine rings is 1. The molecule has 1 fully saturated rings. The summed E-state index contributed by atoms with van der Waals surface area (Å²) < 4.78 is 0. The predicted molar refractivity (Wildman–Crippen MR) is 41.7 cm³/mol. The van der Waals surface area contributed by atoms with Crippen molar-refractivity contribution in [1.29, 1.82) is 0 Å². The Kier molecular flexibility index (Phi) is 5.73. The predicted octanol–water partition coefficient (Wildman–Crippen LogP) is -0.968. The van der Waals surface area contributed by atoms with Crippen LogP contribution < -0.4 is 17.0 Å². The van der Waals surface area contributed by atoms with Gasteiger partial charge in [0.25, 0.3) is 0 Å². The number of carbonyl (C=O) groups is 1. The number of hydrazine groups is 1. The van der Waals surface area contributed by atoms with Crippen LogP contribution in [0.5, 0.6) is 0 Å². The summed E-state index contributed by atoms with van der Waals surface area (Å²) in [7, 11) is 0. The molecule has 1 aliphatic heterocycles. The molecule has 11 heavy (non-hydrogen) atoms. The highest BCUT2D eigenvalue weighted by molar-refractivity contribution is 5.73. The van der Waals surface area contributed by atoms with Gasteiger partial charge in [-0.25, -0.2) is 0 Å². The minimum Gasteiger partial charge on any atom is -0.480 e. The number of carboxylic acid groups (broad SMARTS) is 1. The number of carboxylic acids is 1. The first-order valence-electron chi connectivity index (χ1n) is 3.60. The minimum absolute atomic E-state index is 0.279. The van der Waals surface area contributed by atoms with Crippen molar-refractivity contribution < 1.29 is 9.90 Å². The Morgan fingerprint density at radius 3 is 2.36 bits per heavy atom. The van der Waals surface area contributed by atoms with Gasteiger partial charge in [0.15, 0.2) is 0 Å². The third-order valence-corrected chi connectivity index (χ3v) is 1.61. The van der Waals surface area contributed by atoms with E-state index in [1.165, 1.54) is 0 Å². The highest BCUT2D eigenvalue weighted by Crippen LogP contribution is 2.05. The van der Waals surface area contributed by atoms with E-state index in [2.05, 4.69) is 17.0 Å². The second-order valence-corrected chi connectivity index (χ2v) is 2.34. The molecule has 1 rings (SSSR count). The zero-order chi connectivity index (χ0) is 8.69. The van der Waals surface area contributed by atoms with E-state index in [4.69, 9.17) is 5.11 Å². The largest absolute Gasteiger partial charge is 0.480 e. The van der Waals surface area contributed by atoms with Crippen LogP contribution in [0, 0.1) is 0 Å². The molecule has 0 spiro atoms. The van der Waals surface area contributed by atoms with Crippen LogP contribution in [0.25, 0.3) is 0 Å². The van der Waals surface area contributed by atoms with Gasteiger partial charge in [0.2, 0.25) is 0 Å². The van der Waals surface area contributed by atoms with E-state index in [-0.39, 0.29) is 6.04 Å². The van der Waals surface area contributed by atoms with Gasteiger partial charge in [0.05, 0.1) is 0 Å². The molecule has 66 valence electrons. The molecule has 5 nitrogen and oxygen atoms in total. The Bertz CT molecular complexity index is 112.